The fourth-order valence-corrected chi connectivity index (χ4v) is 4.26. The number of nitrogens with one attached hydrogen (secondary N) is 1. The number of hydrogen-bond acceptors (Lipinski definition) is 3. The Kier molecular flexibility index (Phi) is 5.73. The van der Waals surface area contributed by atoms with Crippen LogP contribution in [0.4, 0.5) is 18.0 Å². The van der Waals surface area contributed by atoms with E-state index in [1.807, 2.05) is 17.9 Å². The van der Waals surface area contributed by atoms with Gasteiger partial charge in [-0.1, -0.05) is 12.1 Å². The second-order valence-electron chi connectivity index (χ2n) is 8.01. The number of alkyl halides is 3. The smallest absolute Gasteiger partial charge is 0.378 e. The average Bonchev–Trinajstić information content (AvgIpc) is 3.19. The molecule has 3 heterocycles. The SMILES string of the molecule is Cc1cc(C2CC(c3ccc(C(F)(F)F)cc3)CN(C(=O)N3CCOCC3)C2)n[nH]1. The fraction of sp³-hybridized carbons (Fsp3) is 0.524. The lowest BCUT2D eigenvalue weighted by atomic mass is 9.83. The maximum Gasteiger partial charge on any atom is 0.416 e. The normalized spacial score (nSPS) is 22.9. The Labute approximate surface area is 173 Å². The zero-order valence-corrected chi connectivity index (χ0v) is 16.8. The maximum atomic E-state index is 13.1. The molecule has 2 fully saturated rings. The molecule has 30 heavy (non-hydrogen) atoms. The number of aromatic amines is 1. The minimum absolute atomic E-state index is 0.0148. The molecule has 0 saturated carbocycles. The largest absolute Gasteiger partial charge is 0.416 e. The minimum Gasteiger partial charge on any atom is -0.378 e. The molecule has 1 N–H and O–H groups in total. The number of carbonyl (C=O) groups is 1. The van der Waals surface area contributed by atoms with E-state index in [1.54, 1.807) is 4.90 Å². The lowest BCUT2D eigenvalue weighted by Crippen LogP contribution is -2.52. The van der Waals surface area contributed by atoms with E-state index in [4.69, 9.17) is 4.74 Å². The third-order valence-electron chi connectivity index (χ3n) is 5.86. The van der Waals surface area contributed by atoms with Crippen molar-refractivity contribution in [3.8, 4) is 0 Å². The summed E-state index contributed by atoms with van der Waals surface area (Å²) in [7, 11) is 0. The summed E-state index contributed by atoms with van der Waals surface area (Å²) < 4.78 is 44.2. The highest BCUT2D eigenvalue weighted by molar-refractivity contribution is 5.75. The summed E-state index contributed by atoms with van der Waals surface area (Å²) in [5.74, 6) is -0.0472. The number of H-pyrrole nitrogens is 1. The average molecular weight is 422 g/mol. The Morgan fingerprint density at radius 3 is 2.37 bits per heavy atom. The summed E-state index contributed by atoms with van der Waals surface area (Å²) in [5.41, 5.74) is 1.96. The van der Waals surface area contributed by atoms with Gasteiger partial charge < -0.3 is 14.5 Å². The Bertz CT molecular complexity index is 875. The van der Waals surface area contributed by atoms with E-state index in [-0.39, 0.29) is 17.9 Å². The first-order valence-corrected chi connectivity index (χ1v) is 10.1. The molecule has 0 bridgehead atoms. The lowest BCUT2D eigenvalue weighted by Gasteiger charge is -2.40. The van der Waals surface area contributed by atoms with Gasteiger partial charge in [-0.15, -0.1) is 0 Å². The van der Waals surface area contributed by atoms with Crippen LogP contribution in [0.25, 0.3) is 0 Å². The molecule has 2 amide bonds. The van der Waals surface area contributed by atoms with Crippen molar-refractivity contribution in [1.29, 1.82) is 0 Å². The van der Waals surface area contributed by atoms with E-state index in [2.05, 4.69) is 10.2 Å². The summed E-state index contributed by atoms with van der Waals surface area (Å²) >= 11 is 0. The summed E-state index contributed by atoms with van der Waals surface area (Å²) in [5, 5.41) is 7.32. The van der Waals surface area contributed by atoms with Gasteiger partial charge in [-0.3, -0.25) is 5.10 Å². The first-order chi connectivity index (χ1) is 14.3. The fourth-order valence-electron chi connectivity index (χ4n) is 4.26. The van der Waals surface area contributed by atoms with Gasteiger partial charge in [-0.25, -0.2) is 4.79 Å². The van der Waals surface area contributed by atoms with Crippen LogP contribution in [0.15, 0.2) is 30.3 Å². The van der Waals surface area contributed by atoms with E-state index in [0.717, 1.165) is 35.5 Å². The molecule has 1 aromatic heterocycles. The van der Waals surface area contributed by atoms with Crippen LogP contribution >= 0.6 is 0 Å². The number of urea groups is 1. The van der Waals surface area contributed by atoms with E-state index in [0.29, 0.717) is 39.4 Å². The van der Waals surface area contributed by atoms with E-state index in [1.165, 1.54) is 12.1 Å². The van der Waals surface area contributed by atoms with Gasteiger partial charge in [0.05, 0.1) is 24.5 Å². The molecule has 0 spiro atoms. The van der Waals surface area contributed by atoms with Crippen molar-refractivity contribution in [2.75, 3.05) is 39.4 Å². The number of likely N-dealkylation sites (tertiary alicyclic amines) is 1. The molecule has 2 saturated heterocycles. The number of rotatable bonds is 2. The lowest BCUT2D eigenvalue weighted by molar-refractivity contribution is -0.137. The van der Waals surface area contributed by atoms with Crippen LogP contribution in [0, 0.1) is 6.92 Å². The Morgan fingerprint density at radius 1 is 1.10 bits per heavy atom. The number of hydrogen-bond donors (Lipinski definition) is 1. The van der Waals surface area contributed by atoms with Crippen molar-refractivity contribution in [1.82, 2.24) is 20.0 Å². The number of carbonyl (C=O) groups excluding carboxylic acids is 1. The zero-order chi connectivity index (χ0) is 21.3. The Hall–Kier alpha value is -2.55. The summed E-state index contributed by atoms with van der Waals surface area (Å²) in [4.78, 5) is 16.7. The Balaban J connectivity index is 1.58. The van der Waals surface area contributed by atoms with Crippen LogP contribution in [0.5, 0.6) is 0 Å². The molecule has 1 aromatic carbocycles. The second-order valence-corrected chi connectivity index (χ2v) is 8.01. The number of nitrogens with zero attached hydrogens (tertiary/aromatic N) is 3. The van der Waals surface area contributed by atoms with Crippen LogP contribution in [0.3, 0.4) is 0 Å². The topological polar surface area (TPSA) is 61.5 Å². The maximum absolute atomic E-state index is 13.1. The van der Waals surface area contributed by atoms with Crippen molar-refractivity contribution in [3.05, 3.63) is 52.8 Å². The molecule has 0 aliphatic carbocycles. The van der Waals surface area contributed by atoms with Crippen molar-refractivity contribution in [2.45, 2.75) is 31.4 Å². The predicted molar refractivity (Wildman–Crippen MR) is 104 cm³/mol. The van der Waals surface area contributed by atoms with Crippen molar-refractivity contribution in [2.24, 2.45) is 0 Å². The predicted octanol–water partition coefficient (Wildman–Crippen LogP) is 3.76. The number of morpholine rings is 1. The number of amides is 2. The molecule has 2 atom stereocenters. The summed E-state index contributed by atoms with van der Waals surface area (Å²) in [6.45, 7) is 5.06. The van der Waals surface area contributed by atoms with Crippen molar-refractivity contribution < 1.29 is 22.7 Å². The monoisotopic (exact) mass is 422 g/mol. The number of aryl methyl sites for hydroxylation is 1. The number of aromatic nitrogens is 2. The number of piperidine rings is 1. The minimum atomic E-state index is -4.36. The van der Waals surface area contributed by atoms with Gasteiger partial charge in [0.15, 0.2) is 0 Å². The Morgan fingerprint density at radius 2 is 1.77 bits per heavy atom. The van der Waals surface area contributed by atoms with Gasteiger partial charge in [0.2, 0.25) is 0 Å². The summed E-state index contributed by atoms with van der Waals surface area (Å²) in [6, 6.07) is 7.22. The molecular weight excluding hydrogens is 397 g/mol. The number of ether oxygens (including phenoxy) is 1. The highest BCUT2D eigenvalue weighted by Crippen LogP contribution is 2.37. The first-order valence-electron chi connectivity index (χ1n) is 10.1. The number of halogens is 3. The molecule has 6 nitrogen and oxygen atoms in total. The van der Waals surface area contributed by atoms with Crippen LogP contribution in [-0.4, -0.2) is 65.4 Å². The van der Waals surface area contributed by atoms with Gasteiger partial charge in [0, 0.05) is 43.7 Å². The van der Waals surface area contributed by atoms with Gasteiger partial charge in [-0.05, 0) is 37.1 Å². The third-order valence-corrected chi connectivity index (χ3v) is 5.86. The van der Waals surface area contributed by atoms with Crippen molar-refractivity contribution in [3.63, 3.8) is 0 Å². The van der Waals surface area contributed by atoms with Gasteiger partial charge in [-0.2, -0.15) is 18.3 Å². The third kappa shape index (κ3) is 4.45. The molecule has 0 radical (unpaired) electrons. The molecule has 2 unspecified atom stereocenters. The molecule has 2 aliphatic rings. The zero-order valence-electron chi connectivity index (χ0n) is 16.8. The first kappa shape index (κ1) is 20.7. The number of benzene rings is 1. The van der Waals surface area contributed by atoms with Gasteiger partial charge in [0.25, 0.3) is 0 Å². The molecule has 4 rings (SSSR count). The van der Waals surface area contributed by atoms with Crippen LogP contribution in [-0.2, 0) is 10.9 Å². The van der Waals surface area contributed by atoms with E-state index < -0.39 is 11.7 Å². The molecule has 9 heteroatoms. The van der Waals surface area contributed by atoms with Crippen LogP contribution < -0.4 is 0 Å². The molecular formula is C21H25F3N4O2. The molecule has 2 aliphatic heterocycles. The summed E-state index contributed by atoms with van der Waals surface area (Å²) in [6.07, 6.45) is -3.64. The molecule has 2 aromatic rings. The van der Waals surface area contributed by atoms with Crippen molar-refractivity contribution >= 4 is 6.03 Å². The highest BCUT2D eigenvalue weighted by Gasteiger charge is 2.36. The van der Waals surface area contributed by atoms with Crippen LogP contribution in [0.1, 0.15) is 40.8 Å². The molecule has 162 valence electrons. The van der Waals surface area contributed by atoms with Gasteiger partial charge >= 0.3 is 12.2 Å². The van der Waals surface area contributed by atoms with Crippen LogP contribution in [0.2, 0.25) is 0 Å². The van der Waals surface area contributed by atoms with E-state index >= 15 is 0 Å². The highest BCUT2D eigenvalue weighted by atomic mass is 19.4. The standard InChI is InChI=1S/C21H25F3N4O2/c1-14-10-19(26-25-14)17-11-16(15-2-4-18(5-3-15)21(22,23)24)12-28(13-17)20(29)27-6-8-30-9-7-27/h2-5,10,16-17H,6-9,11-13H2,1H3,(H,25,26). The second kappa shape index (κ2) is 8.29. The van der Waals surface area contributed by atoms with E-state index in [9.17, 15) is 18.0 Å². The van der Waals surface area contributed by atoms with Gasteiger partial charge in [0.1, 0.15) is 0 Å². The quantitative estimate of drug-likeness (QED) is 0.802.